The van der Waals surface area contributed by atoms with Gasteiger partial charge < -0.3 is 15.1 Å². The van der Waals surface area contributed by atoms with Crippen LogP contribution in [0.15, 0.2) is 48.5 Å². The molecule has 3 heterocycles. The Hall–Kier alpha value is -1.88. The summed E-state index contributed by atoms with van der Waals surface area (Å²) in [5.74, 6) is 0.835. The lowest BCUT2D eigenvalue weighted by atomic mass is 9.81. The highest BCUT2D eigenvalue weighted by molar-refractivity contribution is 6.30. The first-order valence-electron chi connectivity index (χ1n) is 10.8. The number of rotatable bonds is 4. The van der Waals surface area contributed by atoms with Crippen molar-refractivity contribution in [2.75, 3.05) is 44.6 Å². The lowest BCUT2D eigenvalue weighted by Gasteiger charge is -2.33. The maximum atomic E-state index is 12.7. The summed E-state index contributed by atoms with van der Waals surface area (Å²) in [5, 5.41) is 3.91. The van der Waals surface area contributed by atoms with Gasteiger partial charge in [-0.2, -0.15) is 0 Å². The summed E-state index contributed by atoms with van der Waals surface area (Å²) in [6.07, 6.45) is 3.34. The van der Waals surface area contributed by atoms with Gasteiger partial charge in [0.25, 0.3) is 0 Å². The summed E-state index contributed by atoms with van der Waals surface area (Å²) < 4.78 is 0. The van der Waals surface area contributed by atoms with E-state index < -0.39 is 0 Å². The van der Waals surface area contributed by atoms with Crippen LogP contribution in [-0.4, -0.2) is 55.0 Å². The van der Waals surface area contributed by atoms with Crippen molar-refractivity contribution in [3.05, 3.63) is 64.7 Å². The highest BCUT2D eigenvalue weighted by Gasteiger charge is 2.50. The average Bonchev–Trinajstić information content (AvgIpc) is 3.30. The smallest absolute Gasteiger partial charge is 0.236 e. The second-order valence-electron chi connectivity index (χ2n) is 8.78. The van der Waals surface area contributed by atoms with Crippen LogP contribution in [0, 0.1) is 0 Å². The molecule has 0 bridgehead atoms. The standard InChI is InChI=1S/C24H28ClN3O/c25-20-7-5-18(6-8-20)19-9-12-27(13-10-19)15-16-28-14-11-24(17-28)21-3-1-2-4-22(21)26-23(24)29/h1-8,19H,9-17H2,(H,26,29). The first-order valence-corrected chi connectivity index (χ1v) is 11.1. The maximum Gasteiger partial charge on any atom is 0.236 e. The molecule has 1 spiro atoms. The molecule has 3 aliphatic heterocycles. The molecule has 2 fully saturated rings. The Labute approximate surface area is 177 Å². The fourth-order valence-electron chi connectivity index (χ4n) is 5.37. The van der Waals surface area contributed by atoms with Crippen LogP contribution in [0.5, 0.6) is 0 Å². The second-order valence-corrected chi connectivity index (χ2v) is 9.21. The predicted molar refractivity (Wildman–Crippen MR) is 118 cm³/mol. The molecule has 1 unspecified atom stereocenters. The highest BCUT2D eigenvalue weighted by Crippen LogP contribution is 2.43. The summed E-state index contributed by atoms with van der Waals surface area (Å²) in [5.41, 5.74) is 3.28. The molecule has 1 atom stereocenters. The van der Waals surface area contributed by atoms with Crippen molar-refractivity contribution in [3.63, 3.8) is 0 Å². The molecule has 0 saturated carbocycles. The number of hydrogen-bond acceptors (Lipinski definition) is 3. The van der Waals surface area contributed by atoms with Gasteiger partial charge in [-0.25, -0.2) is 0 Å². The van der Waals surface area contributed by atoms with Crippen LogP contribution in [-0.2, 0) is 10.2 Å². The molecular weight excluding hydrogens is 382 g/mol. The van der Waals surface area contributed by atoms with Crippen molar-refractivity contribution >= 4 is 23.2 Å². The molecule has 2 aromatic rings. The average molecular weight is 410 g/mol. The summed E-state index contributed by atoms with van der Waals surface area (Å²) in [6.45, 7) is 6.28. The van der Waals surface area contributed by atoms with Crippen molar-refractivity contribution in [2.24, 2.45) is 0 Å². The molecule has 2 aromatic carbocycles. The number of fused-ring (bicyclic) bond motifs is 2. The van der Waals surface area contributed by atoms with Gasteiger partial charge >= 0.3 is 0 Å². The summed E-state index contributed by atoms with van der Waals surface area (Å²) in [7, 11) is 0. The molecule has 0 radical (unpaired) electrons. The van der Waals surface area contributed by atoms with Gasteiger partial charge in [0, 0.05) is 30.3 Å². The SMILES string of the molecule is O=C1Nc2ccccc2C12CCN(CCN1CCC(c3ccc(Cl)cc3)CC1)C2. The summed E-state index contributed by atoms with van der Waals surface area (Å²) >= 11 is 6.02. The molecule has 5 heteroatoms. The van der Waals surface area contributed by atoms with E-state index in [1.54, 1.807) is 0 Å². The van der Waals surface area contributed by atoms with Gasteiger partial charge in [-0.15, -0.1) is 0 Å². The van der Waals surface area contributed by atoms with Crippen LogP contribution in [0.1, 0.15) is 36.3 Å². The Balaban J connectivity index is 1.14. The van der Waals surface area contributed by atoms with Gasteiger partial charge in [-0.3, -0.25) is 4.79 Å². The van der Waals surface area contributed by atoms with E-state index in [9.17, 15) is 4.79 Å². The fourth-order valence-corrected chi connectivity index (χ4v) is 5.49. The first kappa shape index (κ1) is 19.1. The zero-order chi connectivity index (χ0) is 19.8. The Morgan fingerprint density at radius 1 is 0.966 bits per heavy atom. The topological polar surface area (TPSA) is 35.6 Å². The van der Waals surface area contributed by atoms with Gasteiger partial charge in [0.1, 0.15) is 0 Å². The number of carbonyl (C=O) groups is 1. The van der Waals surface area contributed by atoms with Crippen molar-refractivity contribution in [1.82, 2.24) is 9.80 Å². The molecule has 5 rings (SSSR count). The molecule has 2 saturated heterocycles. The van der Waals surface area contributed by atoms with Gasteiger partial charge in [0.05, 0.1) is 5.41 Å². The van der Waals surface area contributed by atoms with Gasteiger partial charge in [0.2, 0.25) is 5.91 Å². The van der Waals surface area contributed by atoms with Crippen LogP contribution in [0.3, 0.4) is 0 Å². The van der Waals surface area contributed by atoms with Crippen molar-refractivity contribution < 1.29 is 4.79 Å². The van der Waals surface area contributed by atoms with E-state index >= 15 is 0 Å². The predicted octanol–water partition coefficient (Wildman–Crippen LogP) is 4.12. The minimum absolute atomic E-state index is 0.185. The van der Waals surface area contributed by atoms with Gasteiger partial charge in [-0.1, -0.05) is 41.9 Å². The van der Waals surface area contributed by atoms with E-state index in [2.05, 4.69) is 33.3 Å². The van der Waals surface area contributed by atoms with E-state index in [0.29, 0.717) is 5.92 Å². The van der Waals surface area contributed by atoms with Gasteiger partial charge in [0.15, 0.2) is 0 Å². The van der Waals surface area contributed by atoms with E-state index in [0.717, 1.165) is 56.4 Å². The maximum absolute atomic E-state index is 12.7. The molecular formula is C24H28ClN3O. The second kappa shape index (κ2) is 7.75. The highest BCUT2D eigenvalue weighted by atomic mass is 35.5. The molecule has 29 heavy (non-hydrogen) atoms. The Morgan fingerprint density at radius 3 is 2.48 bits per heavy atom. The number of hydrogen-bond donors (Lipinski definition) is 1. The lowest BCUT2D eigenvalue weighted by molar-refractivity contribution is -0.120. The van der Waals surface area contributed by atoms with Crippen LogP contribution in [0.4, 0.5) is 5.69 Å². The molecule has 0 aliphatic carbocycles. The number of anilines is 1. The Morgan fingerprint density at radius 2 is 1.69 bits per heavy atom. The van der Waals surface area contributed by atoms with E-state index in [1.807, 2.05) is 30.3 Å². The number of benzene rings is 2. The third-order valence-electron chi connectivity index (χ3n) is 7.14. The van der Waals surface area contributed by atoms with E-state index in [-0.39, 0.29) is 11.3 Å². The van der Waals surface area contributed by atoms with Crippen LogP contribution < -0.4 is 5.32 Å². The van der Waals surface area contributed by atoms with E-state index in [1.165, 1.54) is 24.0 Å². The zero-order valence-corrected chi connectivity index (χ0v) is 17.5. The summed E-state index contributed by atoms with van der Waals surface area (Å²) in [4.78, 5) is 17.8. The molecule has 152 valence electrons. The molecule has 4 nitrogen and oxygen atoms in total. The first-order chi connectivity index (χ1) is 14.1. The van der Waals surface area contributed by atoms with Crippen molar-refractivity contribution in [3.8, 4) is 0 Å². The number of amides is 1. The van der Waals surface area contributed by atoms with Gasteiger partial charge in [-0.05, 0) is 74.1 Å². The molecule has 0 aromatic heterocycles. The largest absolute Gasteiger partial charge is 0.325 e. The molecule has 1 amide bonds. The Kier molecular flexibility index (Phi) is 5.10. The number of nitrogens with one attached hydrogen (secondary N) is 1. The molecule has 3 aliphatic rings. The minimum Gasteiger partial charge on any atom is -0.325 e. The fraction of sp³-hybridized carbons (Fsp3) is 0.458. The third-order valence-corrected chi connectivity index (χ3v) is 7.39. The van der Waals surface area contributed by atoms with Crippen LogP contribution >= 0.6 is 11.6 Å². The van der Waals surface area contributed by atoms with Crippen molar-refractivity contribution in [1.29, 1.82) is 0 Å². The number of halogens is 1. The normalized spacial score (nSPS) is 25.5. The number of piperidine rings is 1. The minimum atomic E-state index is -0.335. The monoisotopic (exact) mass is 409 g/mol. The molecule has 1 N–H and O–H groups in total. The van der Waals surface area contributed by atoms with Crippen molar-refractivity contribution in [2.45, 2.75) is 30.6 Å². The number of carbonyl (C=O) groups excluding carboxylic acids is 1. The zero-order valence-electron chi connectivity index (χ0n) is 16.7. The van der Waals surface area contributed by atoms with E-state index in [4.69, 9.17) is 11.6 Å². The quantitative estimate of drug-likeness (QED) is 0.825. The Bertz CT molecular complexity index is 891. The third kappa shape index (κ3) is 3.58. The number of likely N-dealkylation sites (tertiary alicyclic amines) is 2. The number of para-hydroxylation sites is 1. The lowest BCUT2D eigenvalue weighted by Crippen LogP contribution is -2.41. The van der Waals surface area contributed by atoms with Crippen LogP contribution in [0.2, 0.25) is 5.02 Å². The van der Waals surface area contributed by atoms with Crippen LogP contribution in [0.25, 0.3) is 0 Å². The number of nitrogens with zero attached hydrogens (tertiary/aromatic N) is 2. The summed E-state index contributed by atoms with van der Waals surface area (Å²) in [6, 6.07) is 16.6.